The van der Waals surface area contributed by atoms with Gasteiger partial charge in [-0.1, -0.05) is 23.9 Å². The van der Waals surface area contributed by atoms with E-state index >= 15 is 0 Å². The first-order valence-corrected chi connectivity index (χ1v) is 7.96. The van der Waals surface area contributed by atoms with E-state index in [9.17, 15) is 9.59 Å². The summed E-state index contributed by atoms with van der Waals surface area (Å²) < 4.78 is 6.37. The maximum absolute atomic E-state index is 11.8. The summed E-state index contributed by atoms with van der Waals surface area (Å²) in [5.74, 6) is -0.0844. The number of urea groups is 1. The van der Waals surface area contributed by atoms with E-state index in [0.29, 0.717) is 5.89 Å². The summed E-state index contributed by atoms with van der Waals surface area (Å²) in [6.45, 7) is 1.64. The number of hydrogen-bond acceptors (Lipinski definition) is 6. The molecule has 0 aliphatic rings. The van der Waals surface area contributed by atoms with Crippen LogP contribution in [0.4, 0.5) is 4.79 Å². The van der Waals surface area contributed by atoms with Gasteiger partial charge in [-0.05, 0) is 35.0 Å². The lowest BCUT2D eigenvalue weighted by atomic mass is 10.2. The normalized spacial score (nSPS) is 11.8. The van der Waals surface area contributed by atoms with Crippen molar-refractivity contribution in [2.24, 2.45) is 0 Å². The molecule has 116 valence electrons. The average Bonchev–Trinajstić information content (AvgIpc) is 2.95. The topological polar surface area (TPSA) is 97.1 Å². The van der Waals surface area contributed by atoms with Crippen LogP contribution in [0.25, 0.3) is 11.5 Å². The van der Waals surface area contributed by atoms with E-state index in [1.807, 2.05) is 24.3 Å². The van der Waals surface area contributed by atoms with Crippen molar-refractivity contribution in [2.75, 3.05) is 7.05 Å². The van der Waals surface area contributed by atoms with E-state index in [-0.39, 0.29) is 5.22 Å². The maximum Gasteiger partial charge on any atom is 0.321 e. The number of nitrogens with zero attached hydrogens (tertiary/aromatic N) is 2. The van der Waals surface area contributed by atoms with Gasteiger partial charge in [-0.2, -0.15) is 0 Å². The first-order valence-electron chi connectivity index (χ1n) is 6.29. The van der Waals surface area contributed by atoms with Crippen molar-refractivity contribution < 1.29 is 14.0 Å². The van der Waals surface area contributed by atoms with Crippen molar-refractivity contribution in [1.29, 1.82) is 0 Å². The predicted molar refractivity (Wildman–Crippen MR) is 85.4 cm³/mol. The molecule has 0 aliphatic carbocycles. The molecular formula is C13H13BrN4O3S. The van der Waals surface area contributed by atoms with E-state index < -0.39 is 17.2 Å². The number of halogens is 1. The zero-order valence-electron chi connectivity index (χ0n) is 11.8. The van der Waals surface area contributed by atoms with Gasteiger partial charge in [0.15, 0.2) is 0 Å². The number of aromatic nitrogens is 2. The maximum atomic E-state index is 11.8. The second kappa shape index (κ2) is 7.41. The number of amides is 3. The van der Waals surface area contributed by atoms with Crippen LogP contribution in [0.5, 0.6) is 0 Å². The molecule has 0 unspecified atom stereocenters. The van der Waals surface area contributed by atoms with Gasteiger partial charge < -0.3 is 9.73 Å². The van der Waals surface area contributed by atoms with Crippen LogP contribution in [0.2, 0.25) is 0 Å². The van der Waals surface area contributed by atoms with E-state index in [1.54, 1.807) is 6.92 Å². The number of benzene rings is 1. The van der Waals surface area contributed by atoms with Crippen molar-refractivity contribution in [3.05, 3.63) is 28.7 Å². The Kier molecular flexibility index (Phi) is 5.56. The fourth-order valence-electron chi connectivity index (χ4n) is 1.48. The molecule has 0 radical (unpaired) electrons. The third kappa shape index (κ3) is 4.08. The fourth-order valence-corrected chi connectivity index (χ4v) is 2.62. The molecule has 0 saturated carbocycles. The molecule has 2 rings (SSSR count). The van der Waals surface area contributed by atoms with Gasteiger partial charge in [-0.15, -0.1) is 10.2 Å². The largest absolute Gasteiger partial charge is 0.411 e. The molecule has 0 spiro atoms. The van der Waals surface area contributed by atoms with Crippen LogP contribution >= 0.6 is 27.7 Å². The summed E-state index contributed by atoms with van der Waals surface area (Å²) in [5.41, 5.74) is 0.768. The zero-order valence-corrected chi connectivity index (χ0v) is 14.2. The van der Waals surface area contributed by atoms with Gasteiger partial charge in [0, 0.05) is 11.5 Å². The summed E-state index contributed by atoms with van der Waals surface area (Å²) in [6.07, 6.45) is 0. The molecule has 22 heavy (non-hydrogen) atoms. The molecule has 0 fully saturated rings. The molecule has 7 nitrogen and oxygen atoms in total. The number of thioether (sulfide) groups is 1. The van der Waals surface area contributed by atoms with Crippen LogP contribution in [-0.4, -0.2) is 34.4 Å². The lowest BCUT2D eigenvalue weighted by Crippen LogP contribution is -2.41. The van der Waals surface area contributed by atoms with Crippen LogP contribution in [0, 0.1) is 0 Å². The SMILES string of the molecule is CNC(=O)NC(=O)[C@@H](C)Sc1nnc(-c2ccccc2Br)o1. The summed E-state index contributed by atoms with van der Waals surface area (Å²) in [5, 5.41) is 12.1. The highest BCUT2D eigenvalue weighted by atomic mass is 79.9. The molecule has 0 saturated heterocycles. The van der Waals surface area contributed by atoms with Gasteiger partial charge in [-0.25, -0.2) is 4.79 Å². The molecule has 1 aromatic heterocycles. The Balaban J connectivity index is 2.05. The second-order valence-electron chi connectivity index (χ2n) is 4.18. The monoisotopic (exact) mass is 384 g/mol. The average molecular weight is 385 g/mol. The molecule has 1 aromatic carbocycles. The van der Waals surface area contributed by atoms with Gasteiger partial charge in [0.1, 0.15) is 0 Å². The molecule has 2 aromatic rings. The van der Waals surface area contributed by atoms with Gasteiger partial charge in [0.2, 0.25) is 11.8 Å². The standard InChI is InChI=1S/C13H13BrN4O3S/c1-7(10(19)16-12(20)15-2)22-13-18-17-11(21-13)8-5-3-4-6-9(8)14/h3-7H,1-2H3,(H2,15,16,19,20)/t7-/m1/s1. The number of rotatable bonds is 4. The van der Waals surface area contributed by atoms with Crippen molar-refractivity contribution >= 4 is 39.6 Å². The molecule has 0 aliphatic heterocycles. The van der Waals surface area contributed by atoms with Gasteiger partial charge in [0.05, 0.1) is 10.8 Å². The lowest BCUT2D eigenvalue weighted by Gasteiger charge is -2.07. The van der Waals surface area contributed by atoms with Crippen LogP contribution in [0.1, 0.15) is 6.92 Å². The molecule has 0 bridgehead atoms. The van der Waals surface area contributed by atoms with Crippen molar-refractivity contribution in [2.45, 2.75) is 17.4 Å². The van der Waals surface area contributed by atoms with Gasteiger partial charge in [-0.3, -0.25) is 10.1 Å². The number of carbonyl (C=O) groups is 2. The second-order valence-corrected chi connectivity index (χ2v) is 6.33. The van der Waals surface area contributed by atoms with E-state index in [2.05, 4.69) is 36.8 Å². The predicted octanol–water partition coefficient (Wildman–Crippen LogP) is 2.44. The van der Waals surface area contributed by atoms with E-state index in [4.69, 9.17) is 4.42 Å². The van der Waals surface area contributed by atoms with Crippen LogP contribution in [0.3, 0.4) is 0 Å². The summed E-state index contributed by atoms with van der Waals surface area (Å²) in [4.78, 5) is 22.9. The fraction of sp³-hybridized carbons (Fsp3) is 0.231. The number of nitrogens with one attached hydrogen (secondary N) is 2. The van der Waals surface area contributed by atoms with Gasteiger partial charge >= 0.3 is 6.03 Å². The molecule has 3 amide bonds. The third-order valence-electron chi connectivity index (χ3n) is 2.62. The Morgan fingerprint density at radius 3 is 2.73 bits per heavy atom. The van der Waals surface area contributed by atoms with Crippen LogP contribution in [0.15, 0.2) is 38.4 Å². The Bertz CT molecular complexity index is 691. The smallest absolute Gasteiger partial charge is 0.321 e. The molecular weight excluding hydrogens is 372 g/mol. The summed E-state index contributed by atoms with van der Waals surface area (Å²) in [7, 11) is 1.43. The van der Waals surface area contributed by atoms with Crippen molar-refractivity contribution in [3.63, 3.8) is 0 Å². The summed E-state index contributed by atoms with van der Waals surface area (Å²) >= 11 is 4.49. The minimum atomic E-state index is -0.558. The van der Waals surface area contributed by atoms with Crippen LogP contribution < -0.4 is 10.6 Å². The van der Waals surface area contributed by atoms with Crippen LogP contribution in [-0.2, 0) is 4.79 Å². The van der Waals surface area contributed by atoms with Gasteiger partial charge in [0.25, 0.3) is 5.22 Å². The lowest BCUT2D eigenvalue weighted by molar-refractivity contribution is -0.119. The molecule has 1 heterocycles. The first kappa shape index (κ1) is 16.5. The van der Waals surface area contributed by atoms with E-state index in [1.165, 1.54) is 7.05 Å². The van der Waals surface area contributed by atoms with Crippen molar-refractivity contribution in [1.82, 2.24) is 20.8 Å². The third-order valence-corrected chi connectivity index (χ3v) is 4.25. The Morgan fingerprint density at radius 1 is 1.32 bits per heavy atom. The van der Waals surface area contributed by atoms with E-state index in [0.717, 1.165) is 21.8 Å². The quantitative estimate of drug-likeness (QED) is 0.785. The molecule has 2 N–H and O–H groups in total. The van der Waals surface area contributed by atoms with Crippen molar-refractivity contribution in [3.8, 4) is 11.5 Å². The Labute approximate surface area is 139 Å². The minimum absolute atomic E-state index is 0.255. The Hall–Kier alpha value is -1.87. The Morgan fingerprint density at radius 2 is 2.05 bits per heavy atom. The zero-order chi connectivity index (χ0) is 16.1. The molecule has 1 atom stereocenters. The number of imide groups is 1. The highest BCUT2D eigenvalue weighted by Crippen LogP contribution is 2.30. The highest BCUT2D eigenvalue weighted by molar-refractivity contribution is 9.10. The number of carbonyl (C=O) groups excluding carboxylic acids is 2. The highest BCUT2D eigenvalue weighted by Gasteiger charge is 2.20. The minimum Gasteiger partial charge on any atom is -0.411 e. The summed E-state index contributed by atoms with van der Waals surface area (Å²) in [6, 6.07) is 6.89. The number of hydrogen-bond donors (Lipinski definition) is 2. The first-order chi connectivity index (χ1) is 10.5. The molecule has 9 heteroatoms.